The van der Waals surface area contributed by atoms with Crippen molar-refractivity contribution < 1.29 is 4.74 Å². The van der Waals surface area contributed by atoms with Crippen LogP contribution in [-0.2, 0) is 10.3 Å². The van der Waals surface area contributed by atoms with E-state index in [1.807, 2.05) is 0 Å². The van der Waals surface area contributed by atoms with Crippen molar-refractivity contribution in [2.45, 2.75) is 31.8 Å². The lowest BCUT2D eigenvalue weighted by Crippen LogP contribution is -2.33. The zero-order chi connectivity index (χ0) is 17.4. The summed E-state index contributed by atoms with van der Waals surface area (Å²) in [4.78, 5) is 0. The molecule has 128 valence electrons. The Labute approximate surface area is 151 Å². The smallest absolute Gasteiger partial charge is 0.143 e. The van der Waals surface area contributed by atoms with Crippen molar-refractivity contribution in [3.8, 4) is 0 Å². The predicted molar refractivity (Wildman–Crippen MR) is 105 cm³/mol. The Hall–Kier alpha value is -2.38. The van der Waals surface area contributed by atoms with Gasteiger partial charge in [0.15, 0.2) is 0 Å². The summed E-state index contributed by atoms with van der Waals surface area (Å²) in [7, 11) is 0. The molecule has 3 aromatic rings. The maximum absolute atomic E-state index is 6.69. The lowest BCUT2D eigenvalue weighted by atomic mass is 9.80. The average Bonchev–Trinajstić information content (AvgIpc) is 2.70. The van der Waals surface area contributed by atoms with E-state index in [2.05, 4.69) is 97.9 Å². The Bertz CT molecular complexity index is 638. The summed E-state index contributed by atoms with van der Waals surface area (Å²) in [5, 5.41) is 0. The third kappa shape index (κ3) is 3.83. The molecule has 0 aliphatic carbocycles. The van der Waals surface area contributed by atoms with E-state index < -0.39 is 5.60 Å². The highest BCUT2D eigenvalue weighted by Gasteiger charge is 2.37. The summed E-state index contributed by atoms with van der Waals surface area (Å²) in [6.45, 7) is 2.96. The number of benzene rings is 3. The number of unbranched alkanes of at least 4 members (excludes halogenated alkanes) is 2. The van der Waals surface area contributed by atoms with Crippen molar-refractivity contribution in [1.29, 1.82) is 0 Å². The second kappa shape index (κ2) is 8.64. The van der Waals surface area contributed by atoms with E-state index in [-0.39, 0.29) is 0 Å². The molecule has 0 aliphatic rings. The number of hydrogen-bond donors (Lipinski definition) is 0. The van der Waals surface area contributed by atoms with Crippen LogP contribution in [0.15, 0.2) is 91.0 Å². The molecule has 0 unspecified atom stereocenters. The van der Waals surface area contributed by atoms with Crippen molar-refractivity contribution >= 4 is 0 Å². The first-order valence-electron chi connectivity index (χ1n) is 9.18. The molecule has 0 fully saturated rings. The molecule has 0 spiro atoms. The van der Waals surface area contributed by atoms with E-state index in [0.717, 1.165) is 13.0 Å². The van der Waals surface area contributed by atoms with Crippen LogP contribution in [0.4, 0.5) is 0 Å². The van der Waals surface area contributed by atoms with Gasteiger partial charge in [-0.3, -0.25) is 0 Å². The van der Waals surface area contributed by atoms with Gasteiger partial charge >= 0.3 is 0 Å². The molecule has 25 heavy (non-hydrogen) atoms. The number of ether oxygens (including phenoxy) is 1. The highest BCUT2D eigenvalue weighted by atomic mass is 16.5. The highest BCUT2D eigenvalue weighted by Crippen LogP contribution is 2.40. The molecule has 1 nitrogen and oxygen atoms in total. The largest absolute Gasteiger partial charge is 0.361 e. The molecule has 1 heteroatoms. The van der Waals surface area contributed by atoms with Crippen LogP contribution >= 0.6 is 0 Å². The molecule has 0 radical (unpaired) electrons. The van der Waals surface area contributed by atoms with Crippen LogP contribution in [0.3, 0.4) is 0 Å². The first kappa shape index (κ1) is 17.4. The lowest BCUT2D eigenvalue weighted by Gasteiger charge is -2.36. The monoisotopic (exact) mass is 330 g/mol. The van der Waals surface area contributed by atoms with Crippen LogP contribution in [0.1, 0.15) is 42.9 Å². The fourth-order valence-electron chi connectivity index (χ4n) is 3.35. The van der Waals surface area contributed by atoms with Crippen LogP contribution < -0.4 is 0 Å². The summed E-state index contributed by atoms with van der Waals surface area (Å²) >= 11 is 0. The van der Waals surface area contributed by atoms with E-state index in [0.29, 0.717) is 0 Å². The van der Waals surface area contributed by atoms with Crippen molar-refractivity contribution in [1.82, 2.24) is 0 Å². The van der Waals surface area contributed by atoms with Gasteiger partial charge in [-0.1, -0.05) is 111 Å². The van der Waals surface area contributed by atoms with Crippen LogP contribution in [-0.4, -0.2) is 6.61 Å². The van der Waals surface area contributed by atoms with Crippen LogP contribution in [0.2, 0.25) is 0 Å². The molecule has 0 saturated heterocycles. The molecule has 0 saturated carbocycles. The zero-order valence-electron chi connectivity index (χ0n) is 14.9. The molecule has 3 rings (SSSR count). The maximum atomic E-state index is 6.69. The third-order valence-electron chi connectivity index (χ3n) is 4.61. The topological polar surface area (TPSA) is 9.23 Å². The minimum Gasteiger partial charge on any atom is -0.361 e. The Morgan fingerprint density at radius 2 is 1.00 bits per heavy atom. The number of hydrogen-bond acceptors (Lipinski definition) is 1. The van der Waals surface area contributed by atoms with E-state index in [9.17, 15) is 0 Å². The van der Waals surface area contributed by atoms with E-state index in [4.69, 9.17) is 4.74 Å². The summed E-state index contributed by atoms with van der Waals surface area (Å²) in [5.74, 6) is 0. The van der Waals surface area contributed by atoms with Crippen molar-refractivity contribution in [2.24, 2.45) is 0 Å². The first-order valence-corrected chi connectivity index (χ1v) is 9.18. The Morgan fingerprint density at radius 1 is 0.600 bits per heavy atom. The molecule has 0 amide bonds. The van der Waals surface area contributed by atoms with Crippen LogP contribution in [0.5, 0.6) is 0 Å². The minimum atomic E-state index is -0.572. The van der Waals surface area contributed by atoms with Crippen molar-refractivity contribution in [3.05, 3.63) is 108 Å². The molecule has 0 bridgehead atoms. The fourth-order valence-corrected chi connectivity index (χ4v) is 3.35. The molecular weight excluding hydrogens is 304 g/mol. The minimum absolute atomic E-state index is 0.572. The van der Waals surface area contributed by atoms with Gasteiger partial charge in [0.05, 0.1) is 0 Å². The van der Waals surface area contributed by atoms with Gasteiger partial charge in [-0.25, -0.2) is 0 Å². The number of rotatable bonds is 8. The Kier molecular flexibility index (Phi) is 6.03. The molecular formula is C24H26O. The second-order valence-electron chi connectivity index (χ2n) is 6.33. The van der Waals surface area contributed by atoms with E-state index in [1.165, 1.54) is 29.5 Å². The summed E-state index contributed by atoms with van der Waals surface area (Å²) in [6, 6.07) is 31.7. The van der Waals surface area contributed by atoms with Gasteiger partial charge in [0.25, 0.3) is 0 Å². The molecule has 0 aromatic heterocycles. The van der Waals surface area contributed by atoms with Gasteiger partial charge in [-0.05, 0) is 23.1 Å². The molecule has 3 aromatic carbocycles. The quantitative estimate of drug-likeness (QED) is 0.354. The summed E-state index contributed by atoms with van der Waals surface area (Å²) < 4.78 is 6.69. The third-order valence-corrected chi connectivity index (χ3v) is 4.61. The van der Waals surface area contributed by atoms with Gasteiger partial charge in [0.1, 0.15) is 5.60 Å². The SMILES string of the molecule is CCCCCOC(c1ccccc1)(c1ccccc1)c1ccccc1. The summed E-state index contributed by atoms with van der Waals surface area (Å²) in [5.41, 5.74) is 2.94. The second-order valence-corrected chi connectivity index (χ2v) is 6.33. The van der Waals surface area contributed by atoms with Crippen molar-refractivity contribution in [2.75, 3.05) is 6.61 Å². The highest BCUT2D eigenvalue weighted by molar-refractivity contribution is 5.47. The van der Waals surface area contributed by atoms with Crippen LogP contribution in [0.25, 0.3) is 0 Å². The van der Waals surface area contributed by atoms with Gasteiger partial charge < -0.3 is 4.74 Å². The molecule has 0 aliphatic heterocycles. The molecule has 0 N–H and O–H groups in total. The fraction of sp³-hybridized carbons (Fsp3) is 0.250. The van der Waals surface area contributed by atoms with Gasteiger partial charge in [-0.15, -0.1) is 0 Å². The van der Waals surface area contributed by atoms with E-state index >= 15 is 0 Å². The molecule has 0 atom stereocenters. The normalized spacial score (nSPS) is 11.4. The van der Waals surface area contributed by atoms with Crippen molar-refractivity contribution in [3.63, 3.8) is 0 Å². The summed E-state index contributed by atoms with van der Waals surface area (Å²) in [6.07, 6.45) is 3.46. The van der Waals surface area contributed by atoms with E-state index in [1.54, 1.807) is 0 Å². The van der Waals surface area contributed by atoms with Crippen LogP contribution in [0, 0.1) is 0 Å². The van der Waals surface area contributed by atoms with Gasteiger partial charge in [0.2, 0.25) is 0 Å². The lowest BCUT2D eigenvalue weighted by molar-refractivity contribution is 0.0108. The zero-order valence-corrected chi connectivity index (χ0v) is 14.9. The first-order chi connectivity index (χ1) is 12.4. The van der Waals surface area contributed by atoms with Gasteiger partial charge in [0, 0.05) is 6.61 Å². The Balaban J connectivity index is 2.13. The standard InChI is InChI=1S/C24H26O/c1-2-3-13-20-25-24(21-14-7-4-8-15-21,22-16-9-5-10-17-22)23-18-11-6-12-19-23/h4-12,14-19H,2-3,13,20H2,1H3. The van der Waals surface area contributed by atoms with Gasteiger partial charge in [-0.2, -0.15) is 0 Å². The molecule has 0 heterocycles. The maximum Gasteiger partial charge on any atom is 0.143 e. The predicted octanol–water partition coefficient (Wildman–Crippen LogP) is 6.19. The average molecular weight is 330 g/mol. The Morgan fingerprint density at radius 3 is 1.36 bits per heavy atom.